The molecule has 0 radical (unpaired) electrons. The zero-order valence-corrected chi connectivity index (χ0v) is 11.3. The number of nitrogens with zero attached hydrogens (tertiary/aromatic N) is 3. The van der Waals surface area contributed by atoms with Gasteiger partial charge in [-0.3, -0.25) is 4.79 Å². The van der Waals surface area contributed by atoms with E-state index < -0.39 is 0 Å². The van der Waals surface area contributed by atoms with Crippen LogP contribution in [0.4, 0.5) is 11.4 Å². The minimum atomic E-state index is 0.0844. The van der Waals surface area contributed by atoms with Crippen molar-refractivity contribution < 1.29 is 4.79 Å². The number of carbonyl (C=O) groups excluding carboxylic acids is 1. The Kier molecular flexibility index (Phi) is 4.03. The fraction of sp³-hybridized carbons (Fsp3) is 0.429. The first-order valence-electron chi connectivity index (χ1n) is 6.37. The number of hydrogen-bond donors (Lipinski definition) is 1. The fourth-order valence-electron chi connectivity index (χ4n) is 2.30. The molecule has 0 saturated carbocycles. The van der Waals surface area contributed by atoms with Crippen LogP contribution < -0.4 is 15.1 Å². The summed E-state index contributed by atoms with van der Waals surface area (Å²) in [5, 5.41) is 12.1. The molecule has 0 bridgehead atoms. The van der Waals surface area contributed by atoms with Crippen molar-refractivity contribution in [3.8, 4) is 6.07 Å². The van der Waals surface area contributed by atoms with Crippen LogP contribution in [0.15, 0.2) is 18.2 Å². The van der Waals surface area contributed by atoms with Gasteiger partial charge in [0, 0.05) is 13.6 Å². The molecular weight excluding hydrogens is 240 g/mol. The van der Waals surface area contributed by atoms with Gasteiger partial charge in [0.15, 0.2) is 0 Å². The zero-order valence-electron chi connectivity index (χ0n) is 11.3. The van der Waals surface area contributed by atoms with Gasteiger partial charge in [-0.15, -0.1) is 0 Å². The Balaban J connectivity index is 2.32. The second kappa shape index (κ2) is 5.72. The molecule has 0 aromatic heterocycles. The van der Waals surface area contributed by atoms with E-state index in [4.69, 9.17) is 5.26 Å². The maximum Gasteiger partial charge on any atom is 0.246 e. The minimum Gasteiger partial charge on any atom is -0.364 e. The number of nitrogens with one attached hydrogen (secondary N) is 1. The molecule has 2 rings (SSSR count). The van der Waals surface area contributed by atoms with E-state index >= 15 is 0 Å². The van der Waals surface area contributed by atoms with Crippen LogP contribution in [0, 0.1) is 11.3 Å². The molecule has 0 aliphatic carbocycles. The zero-order chi connectivity index (χ0) is 13.8. The van der Waals surface area contributed by atoms with Crippen molar-refractivity contribution in [2.75, 3.05) is 43.5 Å². The van der Waals surface area contributed by atoms with Gasteiger partial charge in [0.1, 0.15) is 0 Å². The molecule has 1 aromatic carbocycles. The second-order valence-corrected chi connectivity index (χ2v) is 4.67. The summed E-state index contributed by atoms with van der Waals surface area (Å²) in [7, 11) is 3.79. The van der Waals surface area contributed by atoms with E-state index in [1.54, 1.807) is 17.0 Å². The van der Waals surface area contributed by atoms with Gasteiger partial charge in [-0.1, -0.05) is 0 Å². The van der Waals surface area contributed by atoms with Crippen LogP contribution in [-0.2, 0) is 4.79 Å². The predicted molar refractivity (Wildman–Crippen MR) is 75.3 cm³/mol. The second-order valence-electron chi connectivity index (χ2n) is 4.67. The SMILES string of the molecule is CNCCCN1C(=O)CN(C)c2ccc(C#N)cc21. The summed E-state index contributed by atoms with van der Waals surface area (Å²) in [4.78, 5) is 15.9. The third-order valence-electron chi connectivity index (χ3n) is 3.29. The Morgan fingerprint density at radius 1 is 1.42 bits per heavy atom. The van der Waals surface area contributed by atoms with E-state index in [0.29, 0.717) is 18.7 Å². The molecule has 0 atom stereocenters. The molecule has 0 fully saturated rings. The maximum atomic E-state index is 12.1. The van der Waals surface area contributed by atoms with Gasteiger partial charge < -0.3 is 15.1 Å². The standard InChI is InChI=1S/C14H18N4O/c1-16-6-3-7-18-13-8-11(9-15)4-5-12(13)17(2)10-14(18)19/h4-5,8,16H,3,6-7,10H2,1-2H3. The quantitative estimate of drug-likeness (QED) is 0.817. The van der Waals surface area contributed by atoms with Crippen molar-refractivity contribution in [1.29, 1.82) is 5.26 Å². The Bertz CT molecular complexity index is 521. The lowest BCUT2D eigenvalue weighted by Gasteiger charge is -2.35. The van der Waals surface area contributed by atoms with E-state index in [1.807, 2.05) is 25.1 Å². The highest BCUT2D eigenvalue weighted by Crippen LogP contribution is 2.33. The lowest BCUT2D eigenvalue weighted by atomic mass is 10.1. The Morgan fingerprint density at radius 2 is 2.21 bits per heavy atom. The average Bonchev–Trinajstić information content (AvgIpc) is 2.42. The van der Waals surface area contributed by atoms with Crippen LogP contribution in [0.5, 0.6) is 0 Å². The third kappa shape index (κ3) is 2.69. The number of fused-ring (bicyclic) bond motifs is 1. The first-order chi connectivity index (χ1) is 9.17. The molecule has 1 amide bonds. The van der Waals surface area contributed by atoms with Gasteiger partial charge >= 0.3 is 0 Å². The number of rotatable bonds is 4. The maximum absolute atomic E-state index is 12.1. The van der Waals surface area contributed by atoms with Crippen LogP contribution >= 0.6 is 0 Å². The van der Waals surface area contributed by atoms with Gasteiger partial charge in [0.05, 0.1) is 29.6 Å². The van der Waals surface area contributed by atoms with E-state index in [1.165, 1.54) is 0 Å². The van der Waals surface area contributed by atoms with Crippen LogP contribution in [0.2, 0.25) is 0 Å². The molecule has 1 aromatic rings. The van der Waals surface area contributed by atoms with Crippen LogP contribution in [0.25, 0.3) is 0 Å². The lowest BCUT2D eigenvalue weighted by molar-refractivity contribution is -0.117. The largest absolute Gasteiger partial charge is 0.364 e. The van der Waals surface area contributed by atoms with Gasteiger partial charge in [0.25, 0.3) is 0 Å². The Labute approximate surface area is 113 Å². The topological polar surface area (TPSA) is 59.4 Å². The van der Waals surface area contributed by atoms with Crippen molar-refractivity contribution in [3.63, 3.8) is 0 Å². The van der Waals surface area contributed by atoms with Gasteiger partial charge in [-0.2, -0.15) is 5.26 Å². The minimum absolute atomic E-state index is 0.0844. The normalized spacial score (nSPS) is 14.3. The van der Waals surface area contributed by atoms with Crippen molar-refractivity contribution in [1.82, 2.24) is 5.32 Å². The summed E-state index contributed by atoms with van der Waals surface area (Å²) < 4.78 is 0. The van der Waals surface area contributed by atoms with Crippen molar-refractivity contribution in [2.24, 2.45) is 0 Å². The summed E-state index contributed by atoms with van der Waals surface area (Å²) in [6.45, 7) is 1.93. The third-order valence-corrected chi connectivity index (χ3v) is 3.29. The predicted octanol–water partition coefficient (Wildman–Crippen LogP) is 0.951. The van der Waals surface area contributed by atoms with Crippen molar-refractivity contribution >= 4 is 17.3 Å². The van der Waals surface area contributed by atoms with Crippen LogP contribution in [-0.4, -0.2) is 39.6 Å². The highest BCUT2D eigenvalue weighted by molar-refractivity contribution is 6.03. The highest BCUT2D eigenvalue weighted by Gasteiger charge is 2.27. The number of benzene rings is 1. The van der Waals surface area contributed by atoms with Crippen LogP contribution in [0.3, 0.4) is 0 Å². The molecule has 1 aliphatic rings. The van der Waals surface area contributed by atoms with E-state index in [0.717, 1.165) is 24.3 Å². The average molecular weight is 258 g/mol. The molecule has 19 heavy (non-hydrogen) atoms. The van der Waals surface area contributed by atoms with Gasteiger partial charge in [-0.25, -0.2) is 0 Å². The van der Waals surface area contributed by atoms with Gasteiger partial charge in [0.2, 0.25) is 5.91 Å². The first-order valence-corrected chi connectivity index (χ1v) is 6.37. The van der Waals surface area contributed by atoms with E-state index in [-0.39, 0.29) is 5.91 Å². The molecule has 5 nitrogen and oxygen atoms in total. The molecule has 5 heteroatoms. The lowest BCUT2D eigenvalue weighted by Crippen LogP contribution is -2.45. The van der Waals surface area contributed by atoms with Gasteiger partial charge in [-0.05, 0) is 38.2 Å². The van der Waals surface area contributed by atoms with Crippen molar-refractivity contribution in [3.05, 3.63) is 23.8 Å². The van der Waals surface area contributed by atoms with E-state index in [2.05, 4.69) is 11.4 Å². The summed E-state index contributed by atoms with van der Waals surface area (Å²) in [6, 6.07) is 7.62. The summed E-state index contributed by atoms with van der Waals surface area (Å²) >= 11 is 0. The summed E-state index contributed by atoms with van der Waals surface area (Å²) in [5.74, 6) is 0.0844. The molecule has 1 heterocycles. The fourth-order valence-corrected chi connectivity index (χ4v) is 2.30. The molecule has 1 N–H and O–H groups in total. The van der Waals surface area contributed by atoms with E-state index in [9.17, 15) is 4.79 Å². The number of likely N-dealkylation sites (N-methyl/N-ethyl adjacent to an activating group) is 1. The summed E-state index contributed by atoms with van der Waals surface area (Å²) in [5.41, 5.74) is 2.43. The highest BCUT2D eigenvalue weighted by atomic mass is 16.2. The van der Waals surface area contributed by atoms with Crippen LogP contribution in [0.1, 0.15) is 12.0 Å². The first kappa shape index (κ1) is 13.4. The number of amides is 1. The molecule has 0 saturated heterocycles. The molecular formula is C14H18N4O. The number of carbonyl (C=O) groups is 1. The molecule has 0 spiro atoms. The molecule has 1 aliphatic heterocycles. The molecule has 100 valence electrons. The number of nitriles is 1. The summed E-state index contributed by atoms with van der Waals surface area (Å²) in [6.07, 6.45) is 0.891. The molecule has 0 unspecified atom stereocenters. The number of anilines is 2. The van der Waals surface area contributed by atoms with Crippen molar-refractivity contribution in [2.45, 2.75) is 6.42 Å². The Morgan fingerprint density at radius 3 is 2.89 bits per heavy atom. The Hall–Kier alpha value is -2.06. The number of hydrogen-bond acceptors (Lipinski definition) is 4. The smallest absolute Gasteiger partial charge is 0.246 e. The monoisotopic (exact) mass is 258 g/mol.